The normalized spacial score (nSPS) is 8.90. The lowest BCUT2D eigenvalue weighted by atomic mass is 10.5. The molecular formula is C6H5ClN2O. The van der Waals surface area contributed by atoms with Gasteiger partial charge in [0.15, 0.2) is 0 Å². The second kappa shape index (κ2) is 3.17. The van der Waals surface area contributed by atoms with Gasteiger partial charge in [-0.15, -0.1) is 0 Å². The van der Waals surface area contributed by atoms with Crippen LogP contribution in [0.4, 0.5) is 10.6 Å². The van der Waals surface area contributed by atoms with Crippen molar-refractivity contribution in [3.8, 4) is 0 Å². The minimum absolute atomic E-state index is 0.461. The number of rotatable bonds is 1. The molecule has 1 N–H and O–H groups in total. The Morgan fingerprint density at radius 3 is 2.90 bits per heavy atom. The van der Waals surface area contributed by atoms with Crippen LogP contribution in [0.15, 0.2) is 24.4 Å². The Hall–Kier alpha value is -1.09. The summed E-state index contributed by atoms with van der Waals surface area (Å²) in [5.74, 6) is 0.461. The Bertz CT molecular complexity index is 224. The monoisotopic (exact) mass is 156 g/mol. The molecule has 0 unspecified atom stereocenters. The van der Waals surface area contributed by atoms with Crippen molar-refractivity contribution in [1.29, 1.82) is 0 Å². The van der Waals surface area contributed by atoms with Gasteiger partial charge in [0.25, 0.3) is 0 Å². The summed E-state index contributed by atoms with van der Waals surface area (Å²) in [5, 5.41) is 1.69. The number of halogens is 1. The highest BCUT2D eigenvalue weighted by Gasteiger charge is 1.94. The van der Waals surface area contributed by atoms with Crippen molar-refractivity contribution in [2.24, 2.45) is 0 Å². The minimum Gasteiger partial charge on any atom is -0.297 e. The molecule has 1 amide bonds. The van der Waals surface area contributed by atoms with Gasteiger partial charge in [-0.05, 0) is 23.7 Å². The van der Waals surface area contributed by atoms with Crippen LogP contribution in [0.1, 0.15) is 0 Å². The largest absolute Gasteiger partial charge is 0.319 e. The summed E-state index contributed by atoms with van der Waals surface area (Å²) in [4.78, 5) is 14.0. The van der Waals surface area contributed by atoms with Gasteiger partial charge in [-0.3, -0.25) is 10.1 Å². The summed E-state index contributed by atoms with van der Waals surface area (Å²) in [6.45, 7) is 0. The molecule has 1 rings (SSSR count). The highest BCUT2D eigenvalue weighted by Crippen LogP contribution is 2.00. The van der Waals surface area contributed by atoms with E-state index in [1.165, 1.54) is 0 Å². The van der Waals surface area contributed by atoms with Crippen LogP contribution in [-0.2, 0) is 0 Å². The van der Waals surface area contributed by atoms with Crippen molar-refractivity contribution in [2.45, 2.75) is 0 Å². The Labute approximate surface area is 63.0 Å². The van der Waals surface area contributed by atoms with Crippen LogP contribution in [0.25, 0.3) is 0 Å². The third kappa shape index (κ3) is 2.03. The number of anilines is 1. The number of nitrogens with zero attached hydrogens (tertiary/aromatic N) is 1. The molecule has 0 spiro atoms. The molecule has 0 aliphatic heterocycles. The van der Waals surface area contributed by atoms with E-state index < -0.39 is 5.37 Å². The van der Waals surface area contributed by atoms with Crippen LogP contribution >= 0.6 is 11.6 Å². The van der Waals surface area contributed by atoms with E-state index in [0.717, 1.165) is 0 Å². The Balaban J connectivity index is 2.67. The summed E-state index contributed by atoms with van der Waals surface area (Å²) >= 11 is 5.02. The molecule has 1 aromatic heterocycles. The lowest BCUT2D eigenvalue weighted by molar-refractivity contribution is 0.269. The lowest BCUT2D eigenvalue weighted by Gasteiger charge is -1.95. The quantitative estimate of drug-likeness (QED) is 0.498. The van der Waals surface area contributed by atoms with Crippen molar-refractivity contribution in [1.82, 2.24) is 4.98 Å². The van der Waals surface area contributed by atoms with Crippen LogP contribution < -0.4 is 5.32 Å². The SMILES string of the molecule is O=C(Cl)Nc1ccccn1. The first-order valence-corrected chi connectivity index (χ1v) is 3.04. The zero-order valence-corrected chi connectivity index (χ0v) is 5.80. The zero-order valence-electron chi connectivity index (χ0n) is 5.04. The number of carbonyl (C=O) groups is 1. The van der Waals surface area contributed by atoms with E-state index in [-0.39, 0.29) is 0 Å². The number of hydrogen-bond donors (Lipinski definition) is 1. The van der Waals surface area contributed by atoms with Gasteiger partial charge in [-0.1, -0.05) is 6.07 Å². The van der Waals surface area contributed by atoms with Crippen LogP contribution in [0.3, 0.4) is 0 Å². The second-order valence-corrected chi connectivity index (χ2v) is 1.96. The topological polar surface area (TPSA) is 42.0 Å². The Morgan fingerprint density at radius 2 is 2.40 bits per heavy atom. The molecule has 52 valence electrons. The maximum Gasteiger partial charge on any atom is 0.319 e. The predicted octanol–water partition coefficient (Wildman–Crippen LogP) is 1.85. The standard InChI is InChI=1S/C6H5ClN2O/c7-6(10)9-5-3-1-2-4-8-5/h1-4H,(H,8,9,10). The first-order chi connectivity index (χ1) is 4.79. The van der Waals surface area contributed by atoms with Gasteiger partial charge < -0.3 is 0 Å². The molecule has 0 aliphatic carbocycles. The molecule has 0 fully saturated rings. The smallest absolute Gasteiger partial charge is 0.297 e. The summed E-state index contributed by atoms with van der Waals surface area (Å²) < 4.78 is 0. The van der Waals surface area contributed by atoms with Crippen LogP contribution in [-0.4, -0.2) is 10.4 Å². The molecule has 3 nitrogen and oxygen atoms in total. The number of pyridine rings is 1. The van der Waals surface area contributed by atoms with Crippen molar-refractivity contribution < 1.29 is 4.79 Å². The molecule has 10 heavy (non-hydrogen) atoms. The van der Waals surface area contributed by atoms with Gasteiger partial charge >= 0.3 is 5.37 Å². The minimum atomic E-state index is -0.626. The first kappa shape index (κ1) is 7.02. The fraction of sp³-hybridized carbons (Fsp3) is 0. The van der Waals surface area contributed by atoms with Crippen LogP contribution in [0, 0.1) is 0 Å². The summed E-state index contributed by atoms with van der Waals surface area (Å²) in [6, 6.07) is 5.17. The molecule has 0 saturated heterocycles. The van der Waals surface area contributed by atoms with E-state index in [1.54, 1.807) is 24.4 Å². The molecule has 0 radical (unpaired) electrons. The molecule has 4 heteroatoms. The van der Waals surface area contributed by atoms with E-state index in [0.29, 0.717) is 5.82 Å². The number of nitrogens with one attached hydrogen (secondary N) is 1. The average Bonchev–Trinajstić information content (AvgIpc) is 1.88. The molecule has 0 saturated carbocycles. The summed E-state index contributed by atoms with van der Waals surface area (Å²) in [5.41, 5.74) is 0. The third-order valence-electron chi connectivity index (χ3n) is 0.891. The van der Waals surface area contributed by atoms with Gasteiger partial charge in [0, 0.05) is 6.20 Å². The highest BCUT2D eigenvalue weighted by atomic mass is 35.5. The Kier molecular flexibility index (Phi) is 2.23. The molecule has 0 aliphatic rings. The third-order valence-corrected chi connectivity index (χ3v) is 0.986. The Morgan fingerprint density at radius 1 is 1.60 bits per heavy atom. The maximum atomic E-state index is 10.2. The number of amides is 1. The molecule has 0 bridgehead atoms. The van der Waals surface area contributed by atoms with E-state index in [9.17, 15) is 4.79 Å². The number of hydrogen-bond acceptors (Lipinski definition) is 2. The molecular weight excluding hydrogens is 152 g/mol. The molecule has 0 aromatic carbocycles. The van der Waals surface area contributed by atoms with Gasteiger partial charge in [0.1, 0.15) is 5.82 Å². The van der Waals surface area contributed by atoms with Crippen LogP contribution in [0.2, 0.25) is 0 Å². The summed E-state index contributed by atoms with van der Waals surface area (Å²) in [6.07, 6.45) is 1.57. The summed E-state index contributed by atoms with van der Waals surface area (Å²) in [7, 11) is 0. The predicted molar refractivity (Wildman–Crippen MR) is 39.1 cm³/mol. The molecule has 1 heterocycles. The van der Waals surface area contributed by atoms with Gasteiger partial charge in [-0.25, -0.2) is 4.98 Å². The highest BCUT2D eigenvalue weighted by molar-refractivity contribution is 6.65. The van der Waals surface area contributed by atoms with Crippen molar-refractivity contribution in [3.63, 3.8) is 0 Å². The van der Waals surface area contributed by atoms with Gasteiger partial charge in [-0.2, -0.15) is 0 Å². The zero-order chi connectivity index (χ0) is 7.40. The average molecular weight is 157 g/mol. The van der Waals surface area contributed by atoms with Crippen molar-refractivity contribution >= 4 is 22.8 Å². The van der Waals surface area contributed by atoms with Crippen LogP contribution in [0.5, 0.6) is 0 Å². The van der Waals surface area contributed by atoms with E-state index in [4.69, 9.17) is 11.6 Å². The first-order valence-electron chi connectivity index (χ1n) is 2.66. The van der Waals surface area contributed by atoms with Crippen molar-refractivity contribution in [3.05, 3.63) is 24.4 Å². The fourth-order valence-corrected chi connectivity index (χ4v) is 0.634. The van der Waals surface area contributed by atoms with Gasteiger partial charge in [0.2, 0.25) is 0 Å². The van der Waals surface area contributed by atoms with E-state index in [1.807, 2.05) is 0 Å². The van der Waals surface area contributed by atoms with Crippen molar-refractivity contribution in [2.75, 3.05) is 5.32 Å². The number of carbonyl (C=O) groups excluding carboxylic acids is 1. The van der Waals surface area contributed by atoms with Gasteiger partial charge in [0.05, 0.1) is 0 Å². The maximum absolute atomic E-state index is 10.2. The van der Waals surface area contributed by atoms with E-state index >= 15 is 0 Å². The molecule has 1 aromatic rings. The van der Waals surface area contributed by atoms with E-state index in [2.05, 4.69) is 10.3 Å². The molecule has 0 atom stereocenters. The number of aromatic nitrogens is 1. The fourth-order valence-electron chi connectivity index (χ4n) is 0.537. The second-order valence-electron chi connectivity index (χ2n) is 1.61. The lowest BCUT2D eigenvalue weighted by Crippen LogP contribution is -2.01.